The molecule has 2 aromatic carbocycles. The maximum absolute atomic E-state index is 9.44. The third-order valence-corrected chi connectivity index (χ3v) is 3.71. The number of nitriles is 1. The van der Waals surface area contributed by atoms with Crippen LogP contribution in [0.3, 0.4) is 0 Å². The predicted molar refractivity (Wildman–Crippen MR) is 95.8 cm³/mol. The molecule has 6 heteroatoms. The van der Waals surface area contributed by atoms with Gasteiger partial charge in [0.25, 0.3) is 0 Å². The topological polar surface area (TPSA) is 67.0 Å². The van der Waals surface area contributed by atoms with Crippen molar-refractivity contribution in [3.05, 3.63) is 65.9 Å². The van der Waals surface area contributed by atoms with Crippen LogP contribution in [0.1, 0.15) is 18.2 Å². The standard InChI is InChI=1S/C19H19N5O/c1-3-25-18-12-8-7-11-17(18)24-21-16(13-20)19(22-24)23(2)14-15-9-5-4-6-10-15/h4-12H,3,14H2,1-2H3. The molecule has 3 rings (SSSR count). The molecule has 1 aromatic heterocycles. The molecular weight excluding hydrogens is 314 g/mol. The zero-order valence-electron chi connectivity index (χ0n) is 14.3. The van der Waals surface area contributed by atoms with Crippen LogP contribution in [0, 0.1) is 11.3 Å². The van der Waals surface area contributed by atoms with Gasteiger partial charge < -0.3 is 9.64 Å². The van der Waals surface area contributed by atoms with Gasteiger partial charge in [0, 0.05) is 13.6 Å². The van der Waals surface area contributed by atoms with Crippen LogP contribution in [-0.4, -0.2) is 28.6 Å². The molecule has 6 nitrogen and oxygen atoms in total. The highest BCUT2D eigenvalue weighted by Gasteiger charge is 2.17. The quantitative estimate of drug-likeness (QED) is 0.693. The van der Waals surface area contributed by atoms with Crippen molar-refractivity contribution in [2.45, 2.75) is 13.5 Å². The van der Waals surface area contributed by atoms with Crippen LogP contribution >= 0.6 is 0 Å². The van der Waals surface area contributed by atoms with Crippen molar-refractivity contribution in [3.63, 3.8) is 0 Å². The maximum atomic E-state index is 9.44. The fraction of sp³-hybridized carbons (Fsp3) is 0.211. The Morgan fingerprint density at radius 1 is 1.08 bits per heavy atom. The van der Waals surface area contributed by atoms with Gasteiger partial charge in [-0.25, -0.2) is 0 Å². The van der Waals surface area contributed by atoms with Crippen LogP contribution in [0.5, 0.6) is 5.75 Å². The van der Waals surface area contributed by atoms with Gasteiger partial charge in [-0.15, -0.1) is 15.0 Å². The van der Waals surface area contributed by atoms with Gasteiger partial charge in [-0.1, -0.05) is 42.5 Å². The molecule has 0 saturated heterocycles. The minimum absolute atomic E-state index is 0.282. The van der Waals surface area contributed by atoms with E-state index in [9.17, 15) is 5.26 Å². The minimum Gasteiger partial charge on any atom is -0.492 e. The van der Waals surface area contributed by atoms with E-state index >= 15 is 0 Å². The van der Waals surface area contributed by atoms with Crippen LogP contribution in [0.4, 0.5) is 5.82 Å². The van der Waals surface area contributed by atoms with Gasteiger partial charge in [0.2, 0.25) is 5.69 Å². The first-order valence-electron chi connectivity index (χ1n) is 8.07. The lowest BCUT2D eigenvalue weighted by Gasteiger charge is -2.16. The summed E-state index contributed by atoms with van der Waals surface area (Å²) in [5.74, 6) is 1.22. The van der Waals surface area contributed by atoms with Crippen molar-refractivity contribution >= 4 is 5.82 Å². The second kappa shape index (κ2) is 7.49. The second-order valence-corrected chi connectivity index (χ2v) is 5.52. The van der Waals surface area contributed by atoms with Crippen molar-refractivity contribution in [2.24, 2.45) is 0 Å². The summed E-state index contributed by atoms with van der Waals surface area (Å²) >= 11 is 0. The van der Waals surface area contributed by atoms with Gasteiger partial charge in [0.1, 0.15) is 17.5 Å². The fourth-order valence-electron chi connectivity index (χ4n) is 2.57. The van der Waals surface area contributed by atoms with Gasteiger partial charge in [-0.2, -0.15) is 5.26 Å². The Morgan fingerprint density at radius 3 is 2.52 bits per heavy atom. The molecule has 3 aromatic rings. The lowest BCUT2D eigenvalue weighted by atomic mass is 10.2. The van der Waals surface area contributed by atoms with Crippen LogP contribution in [0.15, 0.2) is 54.6 Å². The van der Waals surface area contributed by atoms with E-state index in [4.69, 9.17) is 4.74 Å². The summed E-state index contributed by atoms with van der Waals surface area (Å²) in [5.41, 5.74) is 2.13. The highest BCUT2D eigenvalue weighted by Crippen LogP contribution is 2.24. The van der Waals surface area contributed by atoms with Crippen molar-refractivity contribution in [1.29, 1.82) is 5.26 Å². The Hall–Kier alpha value is -3.33. The van der Waals surface area contributed by atoms with Crippen LogP contribution in [0.25, 0.3) is 5.69 Å². The van der Waals surface area contributed by atoms with E-state index in [0.29, 0.717) is 30.4 Å². The number of hydrogen-bond acceptors (Lipinski definition) is 5. The van der Waals surface area contributed by atoms with E-state index in [-0.39, 0.29) is 5.69 Å². The number of aromatic nitrogens is 3. The third kappa shape index (κ3) is 3.61. The van der Waals surface area contributed by atoms with Crippen molar-refractivity contribution in [1.82, 2.24) is 15.0 Å². The summed E-state index contributed by atoms with van der Waals surface area (Å²) in [5, 5.41) is 18.3. The molecule has 0 radical (unpaired) electrons. The van der Waals surface area contributed by atoms with Crippen molar-refractivity contribution in [2.75, 3.05) is 18.6 Å². The van der Waals surface area contributed by atoms with Gasteiger partial charge >= 0.3 is 0 Å². The summed E-state index contributed by atoms with van der Waals surface area (Å²) in [6, 6.07) is 19.7. The lowest BCUT2D eigenvalue weighted by molar-refractivity contribution is 0.337. The zero-order chi connectivity index (χ0) is 17.6. The van der Waals surface area contributed by atoms with Crippen LogP contribution in [0.2, 0.25) is 0 Å². The summed E-state index contributed by atoms with van der Waals surface area (Å²) in [7, 11) is 1.90. The highest BCUT2D eigenvalue weighted by atomic mass is 16.5. The summed E-state index contributed by atoms with van der Waals surface area (Å²) in [6.07, 6.45) is 0. The molecule has 0 N–H and O–H groups in total. The summed E-state index contributed by atoms with van der Waals surface area (Å²) in [4.78, 5) is 3.38. The number of ether oxygens (including phenoxy) is 1. The molecule has 0 saturated carbocycles. The molecule has 0 aliphatic heterocycles. The third-order valence-electron chi connectivity index (χ3n) is 3.71. The zero-order valence-corrected chi connectivity index (χ0v) is 14.3. The van der Waals surface area contributed by atoms with E-state index in [1.807, 2.05) is 73.5 Å². The van der Waals surface area contributed by atoms with Gasteiger partial charge in [0.15, 0.2) is 5.82 Å². The van der Waals surface area contributed by atoms with Gasteiger partial charge in [-0.05, 0) is 24.6 Å². The monoisotopic (exact) mass is 333 g/mol. The first-order valence-corrected chi connectivity index (χ1v) is 8.07. The normalized spacial score (nSPS) is 10.3. The van der Waals surface area contributed by atoms with Crippen molar-refractivity contribution < 1.29 is 4.74 Å². The molecule has 1 heterocycles. The molecule has 0 aliphatic rings. The predicted octanol–water partition coefficient (Wildman–Crippen LogP) is 3.17. The molecule has 0 unspecified atom stereocenters. The van der Waals surface area contributed by atoms with Gasteiger partial charge in [0.05, 0.1) is 6.61 Å². The smallest absolute Gasteiger partial charge is 0.207 e. The Balaban J connectivity index is 1.94. The number of benzene rings is 2. The van der Waals surface area contributed by atoms with E-state index in [1.54, 1.807) is 0 Å². The van der Waals surface area contributed by atoms with E-state index in [2.05, 4.69) is 16.3 Å². The Bertz CT molecular complexity index is 882. The Kier molecular flexibility index (Phi) is 4.95. The molecule has 0 amide bonds. The molecule has 126 valence electrons. The number of para-hydroxylation sites is 2. The number of nitrogens with zero attached hydrogens (tertiary/aromatic N) is 5. The average molecular weight is 333 g/mol. The molecule has 0 fully saturated rings. The molecule has 0 aliphatic carbocycles. The fourth-order valence-corrected chi connectivity index (χ4v) is 2.57. The number of hydrogen-bond donors (Lipinski definition) is 0. The Labute approximate surface area is 146 Å². The number of rotatable bonds is 6. The number of anilines is 1. The minimum atomic E-state index is 0.282. The van der Waals surface area contributed by atoms with E-state index in [0.717, 1.165) is 5.56 Å². The largest absolute Gasteiger partial charge is 0.492 e. The first kappa shape index (κ1) is 16.5. The van der Waals surface area contributed by atoms with E-state index < -0.39 is 0 Å². The summed E-state index contributed by atoms with van der Waals surface area (Å²) in [6.45, 7) is 3.11. The van der Waals surface area contributed by atoms with Crippen LogP contribution in [-0.2, 0) is 6.54 Å². The van der Waals surface area contributed by atoms with E-state index in [1.165, 1.54) is 4.80 Å². The molecule has 0 bridgehead atoms. The Morgan fingerprint density at radius 2 is 1.80 bits per heavy atom. The van der Waals surface area contributed by atoms with Gasteiger partial charge in [-0.3, -0.25) is 0 Å². The van der Waals surface area contributed by atoms with Crippen molar-refractivity contribution in [3.8, 4) is 17.5 Å². The van der Waals surface area contributed by atoms with Crippen LogP contribution < -0.4 is 9.64 Å². The SMILES string of the molecule is CCOc1ccccc1-n1nc(C#N)c(N(C)Cc2ccccc2)n1. The first-order chi connectivity index (χ1) is 12.2. The highest BCUT2D eigenvalue weighted by molar-refractivity contribution is 5.52. The lowest BCUT2D eigenvalue weighted by Crippen LogP contribution is -2.18. The maximum Gasteiger partial charge on any atom is 0.207 e. The molecule has 0 atom stereocenters. The molecule has 0 spiro atoms. The second-order valence-electron chi connectivity index (χ2n) is 5.52. The molecular formula is C19H19N5O. The average Bonchev–Trinajstić information content (AvgIpc) is 3.08. The summed E-state index contributed by atoms with van der Waals surface area (Å²) < 4.78 is 5.63. The molecule has 25 heavy (non-hydrogen) atoms.